The Morgan fingerprint density at radius 2 is 1.69 bits per heavy atom. The summed E-state index contributed by atoms with van der Waals surface area (Å²) in [5.41, 5.74) is 0.965. The van der Waals surface area contributed by atoms with Crippen molar-refractivity contribution in [1.82, 2.24) is 10.2 Å². The highest BCUT2D eigenvalue weighted by Gasteiger charge is 2.32. The minimum Gasteiger partial charge on any atom is -0.494 e. The largest absolute Gasteiger partial charge is 0.494 e. The fraction of sp³-hybridized carbons (Fsp3) is 0.286. The van der Waals surface area contributed by atoms with Crippen LogP contribution in [0.25, 0.3) is 0 Å². The summed E-state index contributed by atoms with van der Waals surface area (Å²) in [6.07, 6.45) is 0. The van der Waals surface area contributed by atoms with Crippen LogP contribution in [0.2, 0.25) is 0 Å². The Labute approximate surface area is 236 Å². The molecule has 3 aromatic rings. The van der Waals surface area contributed by atoms with Crippen molar-refractivity contribution < 1.29 is 27.1 Å². The number of hydrogen-bond donors (Lipinski definition) is 1. The van der Waals surface area contributed by atoms with E-state index in [0.717, 1.165) is 38.6 Å². The van der Waals surface area contributed by atoms with E-state index in [1.165, 1.54) is 17.0 Å². The van der Waals surface area contributed by atoms with Gasteiger partial charge in [-0.3, -0.25) is 13.9 Å². The first-order valence-electron chi connectivity index (χ1n) is 12.4. The van der Waals surface area contributed by atoms with Gasteiger partial charge < -0.3 is 15.0 Å². The maximum atomic E-state index is 13.8. The number of amides is 2. The summed E-state index contributed by atoms with van der Waals surface area (Å²) in [5, 5.41) is 2.72. The maximum Gasteiger partial charge on any atom is 0.264 e. The smallest absolute Gasteiger partial charge is 0.264 e. The first kappa shape index (κ1) is 30.1. The Morgan fingerprint density at radius 3 is 2.28 bits per heavy atom. The van der Waals surface area contributed by atoms with E-state index in [-0.39, 0.29) is 23.0 Å². The van der Waals surface area contributed by atoms with Gasteiger partial charge in [0, 0.05) is 17.6 Å². The molecule has 1 N–H and O–H groups in total. The van der Waals surface area contributed by atoms with E-state index in [4.69, 9.17) is 4.74 Å². The Hall–Kier alpha value is -3.44. The lowest BCUT2D eigenvalue weighted by Gasteiger charge is -2.32. The third kappa shape index (κ3) is 7.79. The summed E-state index contributed by atoms with van der Waals surface area (Å²) in [5.74, 6) is -1.01. The van der Waals surface area contributed by atoms with Crippen LogP contribution in [-0.2, 0) is 26.2 Å². The lowest BCUT2D eigenvalue weighted by atomic mass is 10.1. The fourth-order valence-corrected chi connectivity index (χ4v) is 5.74. The van der Waals surface area contributed by atoms with Crippen LogP contribution in [0, 0.1) is 5.82 Å². The van der Waals surface area contributed by atoms with Crippen molar-refractivity contribution in [3.8, 4) is 5.75 Å². The molecular formula is C28H31BrFN3O5S. The van der Waals surface area contributed by atoms with E-state index in [1.807, 2.05) is 31.2 Å². The Balaban J connectivity index is 2.03. The Morgan fingerprint density at radius 1 is 1.03 bits per heavy atom. The Bertz CT molecular complexity index is 1390. The van der Waals surface area contributed by atoms with E-state index in [0.29, 0.717) is 18.9 Å². The van der Waals surface area contributed by atoms with Crippen LogP contribution in [0.3, 0.4) is 0 Å². The molecule has 0 spiro atoms. The zero-order valence-corrected chi connectivity index (χ0v) is 24.3. The topological polar surface area (TPSA) is 96.0 Å². The molecular weight excluding hydrogens is 589 g/mol. The second-order valence-electron chi connectivity index (χ2n) is 8.61. The molecule has 0 unspecified atom stereocenters. The second kappa shape index (κ2) is 13.6. The van der Waals surface area contributed by atoms with Crippen molar-refractivity contribution in [2.45, 2.75) is 38.3 Å². The molecule has 2 amide bonds. The van der Waals surface area contributed by atoms with Crippen molar-refractivity contribution in [3.63, 3.8) is 0 Å². The van der Waals surface area contributed by atoms with Crippen LogP contribution >= 0.6 is 15.9 Å². The highest BCUT2D eigenvalue weighted by molar-refractivity contribution is 9.10. The standard InChI is InChI=1S/C28H31BrFN3O5S/c1-4-31-28(35)20(3)32(18-21-7-6-8-22(29)17-21)27(34)19-33(24-11-13-25(14-12-24)38-5-2)39(36,37)26-15-9-23(30)10-16-26/h6-17,20H,4-5,18-19H2,1-3H3,(H,31,35)/t20-/m0/s1. The predicted molar refractivity (Wildman–Crippen MR) is 151 cm³/mol. The summed E-state index contributed by atoms with van der Waals surface area (Å²) >= 11 is 3.42. The quantitative estimate of drug-likeness (QED) is 0.316. The number of nitrogens with one attached hydrogen (secondary N) is 1. The number of hydrogen-bond acceptors (Lipinski definition) is 5. The summed E-state index contributed by atoms with van der Waals surface area (Å²) < 4.78 is 48.3. The monoisotopic (exact) mass is 619 g/mol. The van der Waals surface area contributed by atoms with Crippen molar-refractivity contribution in [2.24, 2.45) is 0 Å². The van der Waals surface area contributed by atoms with Crippen LogP contribution < -0.4 is 14.4 Å². The summed E-state index contributed by atoms with van der Waals surface area (Å²) in [7, 11) is -4.29. The van der Waals surface area contributed by atoms with Gasteiger partial charge >= 0.3 is 0 Å². The molecule has 0 saturated carbocycles. The van der Waals surface area contributed by atoms with E-state index in [2.05, 4.69) is 21.2 Å². The third-order valence-electron chi connectivity index (χ3n) is 5.88. The van der Waals surface area contributed by atoms with Gasteiger partial charge in [-0.1, -0.05) is 28.1 Å². The number of anilines is 1. The normalized spacial score (nSPS) is 11.9. The first-order valence-corrected chi connectivity index (χ1v) is 14.6. The van der Waals surface area contributed by atoms with Crippen molar-refractivity contribution in [2.75, 3.05) is 24.0 Å². The molecule has 0 saturated heterocycles. The number of carbonyl (C=O) groups excluding carboxylic acids is 2. The number of nitrogens with zero attached hydrogens (tertiary/aromatic N) is 2. The van der Waals surface area contributed by atoms with Gasteiger partial charge in [-0.15, -0.1) is 0 Å². The summed E-state index contributed by atoms with van der Waals surface area (Å²) in [4.78, 5) is 27.7. The highest BCUT2D eigenvalue weighted by atomic mass is 79.9. The molecule has 0 radical (unpaired) electrons. The molecule has 0 fully saturated rings. The number of carbonyl (C=O) groups is 2. The molecule has 0 heterocycles. The SMILES string of the molecule is CCNC(=O)[C@H](C)N(Cc1cccc(Br)c1)C(=O)CN(c1ccc(OCC)cc1)S(=O)(=O)c1ccc(F)cc1. The van der Waals surface area contributed by atoms with E-state index in [9.17, 15) is 22.4 Å². The molecule has 3 aromatic carbocycles. The molecule has 0 aliphatic rings. The van der Waals surface area contributed by atoms with E-state index >= 15 is 0 Å². The lowest BCUT2D eigenvalue weighted by molar-refractivity contribution is -0.139. The predicted octanol–water partition coefficient (Wildman–Crippen LogP) is 4.74. The third-order valence-corrected chi connectivity index (χ3v) is 8.16. The molecule has 11 heteroatoms. The number of rotatable bonds is 12. The molecule has 0 bridgehead atoms. The molecule has 208 valence electrons. The number of likely N-dealkylation sites (N-methyl/N-ethyl adjacent to an activating group) is 1. The average Bonchev–Trinajstić information content (AvgIpc) is 2.91. The van der Waals surface area contributed by atoms with Crippen molar-refractivity contribution in [1.29, 1.82) is 0 Å². The van der Waals surface area contributed by atoms with Crippen LogP contribution in [0.5, 0.6) is 5.75 Å². The van der Waals surface area contributed by atoms with Crippen LogP contribution in [-0.4, -0.2) is 50.9 Å². The van der Waals surface area contributed by atoms with Crippen molar-refractivity contribution >= 4 is 43.5 Å². The van der Waals surface area contributed by atoms with Gasteiger partial charge in [-0.25, -0.2) is 12.8 Å². The first-order chi connectivity index (χ1) is 18.6. The fourth-order valence-electron chi connectivity index (χ4n) is 3.87. The highest BCUT2D eigenvalue weighted by Crippen LogP contribution is 2.27. The second-order valence-corrected chi connectivity index (χ2v) is 11.4. The van der Waals surface area contributed by atoms with Gasteiger partial charge in [-0.2, -0.15) is 0 Å². The number of sulfonamides is 1. The molecule has 8 nitrogen and oxygen atoms in total. The van der Waals surface area contributed by atoms with Gasteiger partial charge in [0.15, 0.2) is 0 Å². The molecule has 0 aromatic heterocycles. The zero-order chi connectivity index (χ0) is 28.6. The van der Waals surface area contributed by atoms with Gasteiger partial charge in [0.1, 0.15) is 24.2 Å². The van der Waals surface area contributed by atoms with Crippen LogP contribution in [0.1, 0.15) is 26.3 Å². The van der Waals surface area contributed by atoms with Crippen LogP contribution in [0.15, 0.2) is 82.2 Å². The lowest BCUT2D eigenvalue weighted by Crippen LogP contribution is -2.51. The number of halogens is 2. The summed E-state index contributed by atoms with van der Waals surface area (Å²) in [6.45, 7) is 5.48. The number of ether oxygens (including phenoxy) is 1. The minimum atomic E-state index is -4.29. The molecule has 3 rings (SSSR count). The van der Waals surface area contributed by atoms with E-state index < -0.39 is 34.3 Å². The Kier molecular flexibility index (Phi) is 10.5. The van der Waals surface area contributed by atoms with Gasteiger partial charge in [0.2, 0.25) is 11.8 Å². The average molecular weight is 621 g/mol. The maximum absolute atomic E-state index is 13.8. The van der Waals surface area contributed by atoms with E-state index in [1.54, 1.807) is 26.0 Å². The van der Waals surface area contributed by atoms with Crippen LogP contribution in [0.4, 0.5) is 10.1 Å². The van der Waals surface area contributed by atoms with Crippen molar-refractivity contribution in [3.05, 3.63) is 88.6 Å². The minimum absolute atomic E-state index is 0.0737. The molecule has 1 atom stereocenters. The molecule has 0 aliphatic carbocycles. The van der Waals surface area contributed by atoms with Gasteiger partial charge in [0.05, 0.1) is 17.2 Å². The molecule has 0 aliphatic heterocycles. The van der Waals surface area contributed by atoms with Gasteiger partial charge in [0.25, 0.3) is 10.0 Å². The summed E-state index contributed by atoms with van der Waals surface area (Å²) in [6, 6.07) is 17.1. The van der Waals surface area contributed by atoms with Gasteiger partial charge in [-0.05, 0) is 87.0 Å². The zero-order valence-electron chi connectivity index (χ0n) is 21.9. The number of benzene rings is 3. The molecule has 39 heavy (non-hydrogen) atoms.